The molecule has 0 aliphatic rings. The molecule has 1 amide bonds. The molecule has 0 radical (unpaired) electrons. The number of halogens is 1. The first-order chi connectivity index (χ1) is 18.8. The van der Waals surface area contributed by atoms with Crippen LogP contribution in [-0.4, -0.2) is 55.6 Å². The number of imidazole rings is 1. The number of ether oxygens (including phenoxy) is 3. The van der Waals surface area contributed by atoms with Crippen molar-refractivity contribution in [3.63, 3.8) is 0 Å². The van der Waals surface area contributed by atoms with Crippen LogP contribution in [0, 0.1) is 5.41 Å². The van der Waals surface area contributed by atoms with E-state index in [1.807, 2.05) is 36.4 Å². The number of amidine groups is 1. The topological polar surface area (TPSA) is 152 Å². The van der Waals surface area contributed by atoms with Crippen molar-refractivity contribution in [3.8, 4) is 22.9 Å². The van der Waals surface area contributed by atoms with Crippen molar-refractivity contribution in [2.24, 2.45) is 5.73 Å². The summed E-state index contributed by atoms with van der Waals surface area (Å²) in [6.07, 6.45) is 1.23. The first kappa shape index (κ1) is 30.0. The standard InChI is InChI=1S/C29H31N5O5.ClH/c1-37-23-13-5-17(16-24(23)38-2)4-10-20-21(29(36)32-15-14-25(35)39-3)11-12-22-26(20)34-28(33-22)19-8-6-18(7-9-19)27(30)31;/h5-9,11-13,16H,4,10,14-15H2,1-3H3,(H3,30,31)(H,32,36)(H,33,34);1H. The highest BCUT2D eigenvalue weighted by molar-refractivity contribution is 6.00. The number of hydrogen-bond donors (Lipinski definition) is 4. The van der Waals surface area contributed by atoms with Crippen molar-refractivity contribution in [2.75, 3.05) is 27.9 Å². The molecule has 11 heteroatoms. The van der Waals surface area contributed by atoms with E-state index in [1.165, 1.54) is 7.11 Å². The lowest BCUT2D eigenvalue weighted by Crippen LogP contribution is -2.27. The van der Waals surface area contributed by atoms with Gasteiger partial charge in [-0.15, -0.1) is 12.4 Å². The predicted molar refractivity (Wildman–Crippen MR) is 156 cm³/mol. The van der Waals surface area contributed by atoms with Crippen LogP contribution >= 0.6 is 12.4 Å². The van der Waals surface area contributed by atoms with E-state index in [2.05, 4.69) is 15.0 Å². The quantitative estimate of drug-likeness (QED) is 0.122. The van der Waals surface area contributed by atoms with Crippen molar-refractivity contribution in [2.45, 2.75) is 19.3 Å². The molecule has 5 N–H and O–H groups in total. The van der Waals surface area contributed by atoms with Gasteiger partial charge in [0, 0.05) is 23.2 Å². The number of aryl methyl sites for hydroxylation is 2. The summed E-state index contributed by atoms with van der Waals surface area (Å²) in [4.78, 5) is 32.9. The molecule has 4 rings (SSSR count). The summed E-state index contributed by atoms with van der Waals surface area (Å²) in [5.41, 5.74) is 10.8. The SMILES string of the molecule is COC(=O)CCNC(=O)c1ccc2[nH]c(-c3ccc(C(=N)N)cc3)nc2c1CCc1ccc(OC)c(OC)c1.Cl. The maximum Gasteiger partial charge on any atom is 0.307 e. The van der Waals surface area contributed by atoms with Crippen LogP contribution < -0.4 is 20.5 Å². The molecule has 0 aliphatic carbocycles. The molecule has 3 aromatic carbocycles. The van der Waals surface area contributed by atoms with Gasteiger partial charge in [0.1, 0.15) is 11.7 Å². The first-order valence-corrected chi connectivity index (χ1v) is 12.4. The van der Waals surface area contributed by atoms with Crippen LogP contribution in [0.5, 0.6) is 11.5 Å². The first-order valence-electron chi connectivity index (χ1n) is 12.4. The Labute approximate surface area is 238 Å². The molecule has 0 saturated carbocycles. The molecular weight excluding hydrogens is 534 g/mol. The Morgan fingerprint density at radius 1 is 0.975 bits per heavy atom. The van der Waals surface area contributed by atoms with E-state index in [4.69, 9.17) is 25.6 Å². The number of esters is 1. The van der Waals surface area contributed by atoms with Gasteiger partial charge in [0.15, 0.2) is 11.5 Å². The summed E-state index contributed by atoms with van der Waals surface area (Å²) in [7, 11) is 4.49. The lowest BCUT2D eigenvalue weighted by atomic mass is 9.97. The summed E-state index contributed by atoms with van der Waals surface area (Å²) in [5.74, 6) is 1.21. The zero-order chi connectivity index (χ0) is 27.9. The van der Waals surface area contributed by atoms with Gasteiger partial charge in [-0.3, -0.25) is 15.0 Å². The number of methoxy groups -OCH3 is 3. The fraction of sp³-hybridized carbons (Fsp3) is 0.241. The third-order valence-corrected chi connectivity index (χ3v) is 6.43. The lowest BCUT2D eigenvalue weighted by molar-refractivity contribution is -0.140. The van der Waals surface area contributed by atoms with E-state index >= 15 is 0 Å². The average Bonchev–Trinajstić information content (AvgIpc) is 3.40. The predicted octanol–water partition coefficient (Wildman–Crippen LogP) is 4.03. The number of amides is 1. The molecule has 0 saturated heterocycles. The molecule has 0 fully saturated rings. The summed E-state index contributed by atoms with van der Waals surface area (Å²) in [5, 5.41) is 10.4. The summed E-state index contributed by atoms with van der Waals surface area (Å²) in [6, 6.07) is 16.5. The summed E-state index contributed by atoms with van der Waals surface area (Å²) in [6.45, 7) is 0.160. The molecule has 0 aliphatic heterocycles. The monoisotopic (exact) mass is 565 g/mol. The highest BCUT2D eigenvalue weighted by Crippen LogP contribution is 2.30. The fourth-order valence-corrected chi connectivity index (χ4v) is 4.32. The van der Waals surface area contributed by atoms with Gasteiger partial charge in [-0.1, -0.05) is 30.3 Å². The van der Waals surface area contributed by atoms with Crippen LogP contribution in [0.1, 0.15) is 33.5 Å². The second-order valence-electron chi connectivity index (χ2n) is 8.84. The zero-order valence-electron chi connectivity index (χ0n) is 22.5. The number of aromatic nitrogens is 2. The van der Waals surface area contributed by atoms with Crippen LogP contribution in [0.4, 0.5) is 0 Å². The van der Waals surface area contributed by atoms with Gasteiger partial charge in [0.2, 0.25) is 0 Å². The number of fused-ring (bicyclic) bond motifs is 1. The Bertz CT molecular complexity index is 1520. The van der Waals surface area contributed by atoms with E-state index in [9.17, 15) is 9.59 Å². The van der Waals surface area contributed by atoms with Gasteiger partial charge >= 0.3 is 5.97 Å². The van der Waals surface area contributed by atoms with E-state index < -0.39 is 5.97 Å². The number of aromatic amines is 1. The minimum Gasteiger partial charge on any atom is -0.493 e. The van der Waals surface area contributed by atoms with Crippen molar-refractivity contribution in [1.82, 2.24) is 15.3 Å². The van der Waals surface area contributed by atoms with E-state index in [0.29, 0.717) is 46.8 Å². The average molecular weight is 566 g/mol. The summed E-state index contributed by atoms with van der Waals surface area (Å²) < 4.78 is 15.5. The number of carbonyl (C=O) groups excluding carboxylic acids is 2. The molecule has 40 heavy (non-hydrogen) atoms. The maximum atomic E-state index is 13.2. The molecule has 1 heterocycles. The number of carbonyl (C=O) groups is 2. The fourth-order valence-electron chi connectivity index (χ4n) is 4.32. The third kappa shape index (κ3) is 6.70. The molecule has 0 atom stereocenters. The number of H-pyrrole nitrogens is 1. The van der Waals surface area contributed by atoms with Crippen molar-refractivity contribution >= 4 is 41.2 Å². The van der Waals surface area contributed by atoms with Crippen LogP contribution in [0.25, 0.3) is 22.4 Å². The second kappa shape index (κ2) is 13.5. The molecule has 0 unspecified atom stereocenters. The summed E-state index contributed by atoms with van der Waals surface area (Å²) >= 11 is 0. The van der Waals surface area contributed by atoms with Crippen LogP contribution in [0.3, 0.4) is 0 Å². The number of nitrogen functional groups attached to an aromatic ring is 1. The third-order valence-electron chi connectivity index (χ3n) is 6.43. The second-order valence-corrected chi connectivity index (χ2v) is 8.84. The van der Waals surface area contributed by atoms with Gasteiger partial charge in [0.05, 0.1) is 38.8 Å². The van der Waals surface area contributed by atoms with E-state index in [-0.39, 0.29) is 37.1 Å². The van der Waals surface area contributed by atoms with Crippen LogP contribution in [0.2, 0.25) is 0 Å². The van der Waals surface area contributed by atoms with Crippen LogP contribution in [0.15, 0.2) is 54.6 Å². The number of benzene rings is 3. The Morgan fingerprint density at radius 3 is 2.35 bits per heavy atom. The molecular formula is C29H32ClN5O5. The minimum atomic E-state index is -0.396. The Hall–Kier alpha value is -4.57. The zero-order valence-corrected chi connectivity index (χ0v) is 23.3. The van der Waals surface area contributed by atoms with Gasteiger partial charge in [-0.25, -0.2) is 4.98 Å². The molecule has 0 bridgehead atoms. The van der Waals surface area contributed by atoms with Gasteiger partial charge in [0.25, 0.3) is 5.91 Å². The Balaban J connectivity index is 0.00000441. The largest absolute Gasteiger partial charge is 0.493 e. The van der Waals surface area contributed by atoms with Gasteiger partial charge in [-0.2, -0.15) is 0 Å². The van der Waals surface area contributed by atoms with Crippen molar-refractivity contribution in [1.29, 1.82) is 5.41 Å². The molecule has 210 valence electrons. The number of rotatable bonds is 11. The van der Waals surface area contributed by atoms with Crippen LogP contribution in [-0.2, 0) is 22.4 Å². The van der Waals surface area contributed by atoms with Gasteiger partial charge < -0.3 is 30.2 Å². The minimum absolute atomic E-state index is 0. The van der Waals surface area contributed by atoms with Gasteiger partial charge in [-0.05, 0) is 48.2 Å². The Morgan fingerprint density at radius 2 is 1.70 bits per heavy atom. The van der Waals surface area contributed by atoms with E-state index in [0.717, 1.165) is 22.2 Å². The smallest absolute Gasteiger partial charge is 0.307 e. The molecule has 1 aromatic heterocycles. The molecule has 4 aromatic rings. The molecule has 10 nitrogen and oxygen atoms in total. The molecule has 0 spiro atoms. The van der Waals surface area contributed by atoms with E-state index in [1.54, 1.807) is 32.4 Å². The number of hydrogen-bond acceptors (Lipinski definition) is 7. The number of nitrogens with two attached hydrogens (primary N) is 1. The number of nitrogens with one attached hydrogen (secondary N) is 3. The lowest BCUT2D eigenvalue weighted by Gasteiger charge is -2.12. The van der Waals surface area contributed by atoms with Crippen molar-refractivity contribution in [3.05, 3.63) is 76.9 Å². The number of nitrogens with zero attached hydrogens (tertiary/aromatic N) is 1. The van der Waals surface area contributed by atoms with Crippen molar-refractivity contribution < 1.29 is 23.8 Å². The maximum absolute atomic E-state index is 13.2. The Kier molecular flexibility index (Phi) is 10.1. The highest BCUT2D eigenvalue weighted by atomic mass is 35.5. The normalized spacial score (nSPS) is 10.5. The highest BCUT2D eigenvalue weighted by Gasteiger charge is 2.19.